The largest absolute Gasteiger partial charge is 0.317 e. The number of hydrogen-bond acceptors (Lipinski definition) is 2. The maximum atomic E-state index is 3.76. The van der Waals surface area contributed by atoms with E-state index in [9.17, 15) is 0 Å². The van der Waals surface area contributed by atoms with E-state index in [4.69, 9.17) is 0 Å². The smallest absolute Gasteiger partial charge is 0.0163 e. The van der Waals surface area contributed by atoms with Crippen molar-refractivity contribution in [2.24, 2.45) is 0 Å². The molecule has 0 aromatic rings. The first-order valence-corrected chi connectivity index (χ1v) is 6.00. The van der Waals surface area contributed by atoms with Crippen LogP contribution >= 0.6 is 0 Å². The maximum absolute atomic E-state index is 3.76. The van der Waals surface area contributed by atoms with Crippen LogP contribution in [0.4, 0.5) is 0 Å². The van der Waals surface area contributed by atoms with E-state index in [1.54, 1.807) is 0 Å². The zero-order valence-corrected chi connectivity index (χ0v) is 10.2. The minimum atomic E-state index is 0.967. The highest BCUT2D eigenvalue weighted by Gasteiger charge is 1.99. The third-order valence-electron chi connectivity index (χ3n) is 2.28. The van der Waals surface area contributed by atoms with Gasteiger partial charge < -0.3 is 5.32 Å². The van der Waals surface area contributed by atoms with E-state index < -0.39 is 0 Å². The van der Waals surface area contributed by atoms with Crippen molar-refractivity contribution in [3.8, 4) is 0 Å². The molecule has 0 aliphatic carbocycles. The van der Waals surface area contributed by atoms with E-state index in [1.165, 1.54) is 19.3 Å². The van der Waals surface area contributed by atoms with Gasteiger partial charge in [0.1, 0.15) is 0 Å². The van der Waals surface area contributed by atoms with Crippen LogP contribution in [0, 0.1) is 0 Å². The summed E-state index contributed by atoms with van der Waals surface area (Å²) in [5.41, 5.74) is 0. The van der Waals surface area contributed by atoms with Gasteiger partial charge in [0.2, 0.25) is 0 Å². The Morgan fingerprint density at radius 2 is 1.73 bits per heavy atom. The fourth-order valence-electron chi connectivity index (χ4n) is 1.51. The minimum absolute atomic E-state index is 0.967. The van der Waals surface area contributed by atoms with Crippen LogP contribution in [0.2, 0.25) is 0 Å². The second kappa shape index (κ2) is 11.5. The molecule has 0 spiro atoms. The van der Waals surface area contributed by atoms with Crippen molar-refractivity contribution in [1.82, 2.24) is 10.2 Å². The average Bonchev–Trinajstić information content (AvgIpc) is 2.24. The lowest BCUT2D eigenvalue weighted by molar-refractivity contribution is 0.325. The summed E-state index contributed by atoms with van der Waals surface area (Å²) in [5, 5.41) is 3.41. The van der Waals surface area contributed by atoms with Crippen molar-refractivity contribution < 1.29 is 0 Å². The van der Waals surface area contributed by atoms with Crippen LogP contribution in [-0.4, -0.2) is 37.6 Å². The van der Waals surface area contributed by atoms with Gasteiger partial charge in [-0.2, -0.15) is 0 Å². The summed E-state index contributed by atoms with van der Waals surface area (Å²) < 4.78 is 0. The Hall–Kier alpha value is -0.600. The molecular weight excluding hydrogens is 184 g/mol. The molecule has 0 aliphatic heterocycles. The van der Waals surface area contributed by atoms with Crippen LogP contribution in [-0.2, 0) is 0 Å². The molecule has 0 saturated carbocycles. The normalized spacial score (nSPS) is 10.5. The summed E-state index contributed by atoms with van der Waals surface area (Å²) in [6.07, 6.45) is 7.64. The molecule has 0 radical (unpaired) electrons. The number of nitrogens with one attached hydrogen (secondary N) is 1. The highest BCUT2D eigenvalue weighted by Crippen LogP contribution is 1.95. The van der Waals surface area contributed by atoms with Gasteiger partial charge in [-0.15, -0.1) is 13.2 Å². The van der Waals surface area contributed by atoms with Gasteiger partial charge in [0.15, 0.2) is 0 Å². The van der Waals surface area contributed by atoms with Crippen LogP contribution in [0.25, 0.3) is 0 Å². The lowest BCUT2D eigenvalue weighted by atomic mass is 10.2. The average molecular weight is 210 g/mol. The van der Waals surface area contributed by atoms with Crippen molar-refractivity contribution in [2.75, 3.05) is 32.7 Å². The van der Waals surface area contributed by atoms with Crippen LogP contribution in [0.1, 0.15) is 26.2 Å². The lowest BCUT2D eigenvalue weighted by Crippen LogP contribution is -2.26. The molecule has 2 nitrogen and oxygen atoms in total. The SMILES string of the molecule is C=CCN(CC=C)CCCCNCCC. The summed E-state index contributed by atoms with van der Waals surface area (Å²) in [6.45, 7) is 15.1. The number of unbranched alkanes of at least 4 members (excludes halogenated alkanes) is 1. The van der Waals surface area contributed by atoms with E-state index in [1.807, 2.05) is 12.2 Å². The Kier molecular flexibility index (Phi) is 11.0. The van der Waals surface area contributed by atoms with Gasteiger partial charge in [-0.1, -0.05) is 19.1 Å². The maximum Gasteiger partial charge on any atom is 0.0163 e. The van der Waals surface area contributed by atoms with E-state index in [0.29, 0.717) is 0 Å². The standard InChI is InChI=1S/C13H26N2/c1-4-9-14-10-7-8-13-15(11-5-2)12-6-3/h5-6,14H,2-4,7-13H2,1H3. The molecule has 0 amide bonds. The fourth-order valence-corrected chi connectivity index (χ4v) is 1.51. The molecule has 2 heteroatoms. The first-order valence-electron chi connectivity index (χ1n) is 6.00. The summed E-state index contributed by atoms with van der Waals surface area (Å²) in [5.74, 6) is 0. The Morgan fingerprint density at radius 1 is 1.07 bits per heavy atom. The fraction of sp³-hybridized carbons (Fsp3) is 0.692. The molecule has 15 heavy (non-hydrogen) atoms. The third-order valence-corrected chi connectivity index (χ3v) is 2.28. The molecule has 0 saturated heterocycles. The van der Waals surface area contributed by atoms with Crippen molar-refractivity contribution in [2.45, 2.75) is 26.2 Å². The third kappa shape index (κ3) is 9.70. The Morgan fingerprint density at radius 3 is 2.27 bits per heavy atom. The van der Waals surface area contributed by atoms with Crippen LogP contribution in [0.15, 0.2) is 25.3 Å². The van der Waals surface area contributed by atoms with Crippen molar-refractivity contribution in [3.05, 3.63) is 25.3 Å². The van der Waals surface area contributed by atoms with Gasteiger partial charge in [0, 0.05) is 13.1 Å². The van der Waals surface area contributed by atoms with E-state index >= 15 is 0 Å². The highest BCUT2D eigenvalue weighted by atomic mass is 15.1. The zero-order chi connectivity index (χ0) is 11.4. The molecule has 0 fully saturated rings. The molecule has 0 heterocycles. The van der Waals surface area contributed by atoms with Crippen molar-refractivity contribution >= 4 is 0 Å². The second-order valence-corrected chi connectivity index (χ2v) is 3.79. The van der Waals surface area contributed by atoms with E-state index in [0.717, 1.165) is 32.7 Å². The zero-order valence-electron chi connectivity index (χ0n) is 10.2. The first-order chi connectivity index (χ1) is 7.35. The summed E-state index contributed by atoms with van der Waals surface area (Å²) in [7, 11) is 0. The molecule has 0 aromatic carbocycles. The topological polar surface area (TPSA) is 15.3 Å². The molecule has 0 atom stereocenters. The van der Waals surface area contributed by atoms with Gasteiger partial charge in [0.25, 0.3) is 0 Å². The summed E-state index contributed by atoms with van der Waals surface area (Å²) >= 11 is 0. The Balaban J connectivity index is 3.35. The highest BCUT2D eigenvalue weighted by molar-refractivity contribution is 4.79. The van der Waals surface area contributed by atoms with Gasteiger partial charge in [0.05, 0.1) is 0 Å². The second-order valence-electron chi connectivity index (χ2n) is 3.79. The molecule has 0 bridgehead atoms. The van der Waals surface area contributed by atoms with Gasteiger partial charge in [-0.3, -0.25) is 4.90 Å². The van der Waals surface area contributed by atoms with E-state index in [2.05, 4.69) is 30.3 Å². The van der Waals surface area contributed by atoms with Crippen LogP contribution in [0.3, 0.4) is 0 Å². The molecule has 88 valence electrons. The molecule has 1 N–H and O–H groups in total. The monoisotopic (exact) mass is 210 g/mol. The van der Waals surface area contributed by atoms with E-state index in [-0.39, 0.29) is 0 Å². The quantitative estimate of drug-likeness (QED) is 0.416. The Labute approximate surface area is 95.0 Å². The first kappa shape index (κ1) is 14.4. The van der Waals surface area contributed by atoms with Gasteiger partial charge in [-0.05, 0) is 38.9 Å². The molecule has 0 rings (SSSR count). The Bertz CT molecular complexity index is 145. The molecule has 0 aromatic heterocycles. The number of hydrogen-bond donors (Lipinski definition) is 1. The van der Waals surface area contributed by atoms with Gasteiger partial charge in [-0.25, -0.2) is 0 Å². The molecular formula is C13H26N2. The molecule has 0 unspecified atom stereocenters. The van der Waals surface area contributed by atoms with Gasteiger partial charge >= 0.3 is 0 Å². The van der Waals surface area contributed by atoms with Crippen LogP contribution in [0.5, 0.6) is 0 Å². The lowest BCUT2D eigenvalue weighted by Gasteiger charge is -2.18. The van der Waals surface area contributed by atoms with Crippen molar-refractivity contribution in [3.63, 3.8) is 0 Å². The number of nitrogens with zero attached hydrogens (tertiary/aromatic N) is 1. The van der Waals surface area contributed by atoms with Crippen LogP contribution < -0.4 is 5.32 Å². The van der Waals surface area contributed by atoms with Crippen molar-refractivity contribution in [1.29, 1.82) is 0 Å². The summed E-state index contributed by atoms with van der Waals surface area (Å²) in [4.78, 5) is 2.36. The summed E-state index contributed by atoms with van der Waals surface area (Å²) in [6, 6.07) is 0. The predicted octanol–water partition coefficient (Wildman–Crippen LogP) is 2.44. The molecule has 0 aliphatic rings. The number of rotatable bonds is 11. The minimum Gasteiger partial charge on any atom is -0.317 e. The predicted molar refractivity (Wildman–Crippen MR) is 69.2 cm³/mol.